The summed E-state index contributed by atoms with van der Waals surface area (Å²) in [7, 11) is -4.17. The SMILES string of the molecule is N#Cc1ccnc(N2C(C(=O)N(c3ccc(F)c(F)c3)[C@H](C(=O)NC3CC(F)(F)C3)c3ccccc3Cl)CCS2(=O)=O)c1. The van der Waals surface area contributed by atoms with Crippen LogP contribution in [0.4, 0.5) is 29.1 Å². The van der Waals surface area contributed by atoms with Crippen molar-refractivity contribution in [3.05, 3.63) is 88.6 Å². The molecule has 1 aromatic heterocycles. The summed E-state index contributed by atoms with van der Waals surface area (Å²) < 4.78 is 82.8. The quantitative estimate of drug-likeness (QED) is 0.382. The zero-order chi connectivity index (χ0) is 31.1. The van der Waals surface area contributed by atoms with Gasteiger partial charge in [-0.15, -0.1) is 0 Å². The van der Waals surface area contributed by atoms with Crippen molar-refractivity contribution < 1.29 is 35.6 Å². The Bertz CT molecular complexity index is 1740. The van der Waals surface area contributed by atoms with Gasteiger partial charge < -0.3 is 5.32 Å². The van der Waals surface area contributed by atoms with Gasteiger partial charge in [-0.25, -0.2) is 35.3 Å². The molecule has 1 saturated heterocycles. The lowest BCUT2D eigenvalue weighted by molar-refractivity contribution is -0.133. The van der Waals surface area contributed by atoms with E-state index in [0.717, 1.165) is 21.3 Å². The van der Waals surface area contributed by atoms with Crippen LogP contribution in [-0.2, 0) is 19.6 Å². The Balaban J connectivity index is 1.65. The second-order valence-corrected chi connectivity index (χ2v) is 12.5. The molecular weight excluding hydrogens is 614 g/mol. The largest absolute Gasteiger partial charge is 0.351 e. The van der Waals surface area contributed by atoms with Gasteiger partial charge >= 0.3 is 0 Å². The first-order valence-corrected chi connectivity index (χ1v) is 14.9. The molecular formula is C28H22ClF4N5O4S. The number of nitrogens with one attached hydrogen (secondary N) is 1. The Morgan fingerprint density at radius 1 is 1.12 bits per heavy atom. The fraction of sp³-hybridized carbons (Fsp3) is 0.286. The van der Waals surface area contributed by atoms with Crippen LogP contribution in [0.25, 0.3) is 0 Å². The standard InChI is InChI=1S/C28H22ClF4N5O4S/c29-20-4-2-1-3-19(20)25(26(39)36-17-13-28(32,33)14-17)37(18-5-6-21(30)22(31)12-18)27(40)23-8-10-43(41,42)38(23)24-11-16(15-34)7-9-35-24/h1-7,9,11-12,17,23,25H,8,10,13-14H2,(H,36,39)/t23?,25-/m0/s1. The highest BCUT2D eigenvalue weighted by Crippen LogP contribution is 2.40. The Hall–Kier alpha value is -4.22. The third kappa shape index (κ3) is 6.00. The van der Waals surface area contributed by atoms with Crippen molar-refractivity contribution in [1.29, 1.82) is 5.26 Å². The topological polar surface area (TPSA) is 123 Å². The normalized spacial score (nSPS) is 19.6. The number of hydrogen-bond donors (Lipinski definition) is 1. The monoisotopic (exact) mass is 635 g/mol. The third-order valence-electron chi connectivity index (χ3n) is 7.18. The number of hydrogen-bond acceptors (Lipinski definition) is 6. The molecule has 9 nitrogen and oxygen atoms in total. The van der Waals surface area contributed by atoms with Gasteiger partial charge in [0.2, 0.25) is 15.9 Å². The maximum absolute atomic E-state index is 14.6. The Labute approximate surface area is 248 Å². The highest BCUT2D eigenvalue weighted by Gasteiger charge is 2.49. The van der Waals surface area contributed by atoms with Gasteiger partial charge in [-0.2, -0.15) is 5.26 Å². The molecule has 1 saturated carbocycles. The summed E-state index contributed by atoms with van der Waals surface area (Å²) in [6.07, 6.45) is -0.401. The van der Waals surface area contributed by atoms with Gasteiger partial charge in [0.1, 0.15) is 17.9 Å². The number of alkyl halides is 2. The van der Waals surface area contributed by atoms with Crippen LogP contribution in [0.1, 0.15) is 36.4 Å². The maximum atomic E-state index is 14.6. The van der Waals surface area contributed by atoms with E-state index in [1.807, 2.05) is 6.07 Å². The summed E-state index contributed by atoms with van der Waals surface area (Å²) in [6, 6.07) is 8.39. The molecule has 224 valence electrons. The third-order valence-corrected chi connectivity index (χ3v) is 9.32. The maximum Gasteiger partial charge on any atom is 0.252 e. The number of amides is 2. The smallest absolute Gasteiger partial charge is 0.252 e. The lowest BCUT2D eigenvalue weighted by Crippen LogP contribution is -2.56. The van der Waals surface area contributed by atoms with E-state index >= 15 is 0 Å². The molecule has 2 fully saturated rings. The van der Waals surface area contributed by atoms with Crippen LogP contribution in [0, 0.1) is 23.0 Å². The summed E-state index contributed by atoms with van der Waals surface area (Å²) >= 11 is 6.43. The highest BCUT2D eigenvalue weighted by atomic mass is 35.5. The lowest BCUT2D eigenvalue weighted by atomic mass is 9.87. The van der Waals surface area contributed by atoms with Crippen LogP contribution in [-0.4, -0.2) is 49.0 Å². The molecule has 1 unspecified atom stereocenters. The van der Waals surface area contributed by atoms with E-state index in [1.54, 1.807) is 0 Å². The number of rotatable bonds is 7. The van der Waals surface area contributed by atoms with Crippen LogP contribution in [0.3, 0.4) is 0 Å². The van der Waals surface area contributed by atoms with Gasteiger partial charge in [0, 0.05) is 47.4 Å². The molecule has 15 heteroatoms. The fourth-order valence-electron chi connectivity index (χ4n) is 5.14. The van der Waals surface area contributed by atoms with Crippen LogP contribution >= 0.6 is 11.6 Å². The summed E-state index contributed by atoms with van der Waals surface area (Å²) in [5.41, 5.74) is -0.255. The highest BCUT2D eigenvalue weighted by molar-refractivity contribution is 7.93. The van der Waals surface area contributed by atoms with Gasteiger partial charge in [0.25, 0.3) is 11.8 Å². The van der Waals surface area contributed by atoms with Crippen molar-refractivity contribution in [3.63, 3.8) is 0 Å². The second-order valence-electron chi connectivity index (χ2n) is 10.1. The molecule has 2 heterocycles. The second kappa shape index (κ2) is 11.5. The first kappa shape index (κ1) is 30.2. The summed E-state index contributed by atoms with van der Waals surface area (Å²) in [4.78, 5) is 33.0. The van der Waals surface area contributed by atoms with Gasteiger partial charge in [-0.3, -0.25) is 14.5 Å². The first-order valence-electron chi connectivity index (χ1n) is 12.9. The molecule has 2 aromatic carbocycles. The van der Waals surface area contributed by atoms with Crippen molar-refractivity contribution in [3.8, 4) is 6.07 Å². The van der Waals surface area contributed by atoms with E-state index in [0.29, 0.717) is 6.07 Å². The first-order chi connectivity index (χ1) is 20.3. The number of benzene rings is 2. The number of pyridine rings is 1. The minimum Gasteiger partial charge on any atom is -0.351 e. The molecule has 2 atom stereocenters. The molecule has 1 N–H and O–H groups in total. The predicted octanol–water partition coefficient (Wildman–Crippen LogP) is 4.48. The van der Waals surface area contributed by atoms with E-state index in [1.165, 1.54) is 42.6 Å². The number of nitrogens with zero attached hydrogens (tertiary/aromatic N) is 4. The number of aromatic nitrogens is 1. The molecule has 2 amide bonds. The van der Waals surface area contributed by atoms with Crippen LogP contribution in [0.5, 0.6) is 0 Å². The molecule has 2 aliphatic rings. The zero-order valence-corrected chi connectivity index (χ0v) is 23.6. The van der Waals surface area contributed by atoms with Gasteiger partial charge in [0.15, 0.2) is 11.6 Å². The average Bonchev–Trinajstić information content (AvgIpc) is 3.27. The number of halogens is 5. The van der Waals surface area contributed by atoms with Crippen molar-refractivity contribution in [1.82, 2.24) is 10.3 Å². The molecule has 3 aromatic rings. The van der Waals surface area contributed by atoms with Crippen molar-refractivity contribution in [2.75, 3.05) is 15.0 Å². The Morgan fingerprint density at radius 3 is 2.49 bits per heavy atom. The lowest BCUT2D eigenvalue weighted by Gasteiger charge is -2.39. The van der Waals surface area contributed by atoms with E-state index < -0.39 is 76.1 Å². The number of sulfonamides is 1. The van der Waals surface area contributed by atoms with Crippen LogP contribution in [0.15, 0.2) is 60.8 Å². The predicted molar refractivity (Wildman–Crippen MR) is 148 cm³/mol. The summed E-state index contributed by atoms with van der Waals surface area (Å²) in [5, 5.41) is 11.8. The van der Waals surface area contributed by atoms with E-state index in [9.17, 15) is 40.8 Å². The minimum absolute atomic E-state index is 0.0127. The number of carbonyl (C=O) groups is 2. The number of anilines is 2. The molecule has 43 heavy (non-hydrogen) atoms. The summed E-state index contributed by atoms with van der Waals surface area (Å²) in [5.74, 6) is -8.35. The molecule has 5 rings (SSSR count). The van der Waals surface area contributed by atoms with E-state index in [4.69, 9.17) is 11.6 Å². The van der Waals surface area contributed by atoms with Crippen LogP contribution < -0.4 is 14.5 Å². The fourth-order valence-corrected chi connectivity index (χ4v) is 7.07. The van der Waals surface area contributed by atoms with Gasteiger partial charge in [-0.05, 0) is 36.8 Å². The van der Waals surface area contributed by atoms with Crippen molar-refractivity contribution >= 4 is 44.9 Å². The molecule has 1 aliphatic carbocycles. The summed E-state index contributed by atoms with van der Waals surface area (Å²) in [6.45, 7) is 0. The molecule has 0 bridgehead atoms. The Morgan fingerprint density at radius 2 is 1.84 bits per heavy atom. The minimum atomic E-state index is -4.17. The Kier molecular flexibility index (Phi) is 8.06. The average molecular weight is 636 g/mol. The van der Waals surface area contributed by atoms with Gasteiger partial charge in [-0.1, -0.05) is 29.8 Å². The zero-order valence-electron chi connectivity index (χ0n) is 22.1. The molecule has 1 aliphatic heterocycles. The number of carbonyl (C=O) groups excluding carboxylic acids is 2. The van der Waals surface area contributed by atoms with Gasteiger partial charge in [0.05, 0.1) is 17.4 Å². The van der Waals surface area contributed by atoms with E-state index in [2.05, 4.69) is 10.3 Å². The van der Waals surface area contributed by atoms with Crippen molar-refractivity contribution in [2.45, 2.75) is 43.3 Å². The molecule has 0 spiro atoms. The number of nitriles is 1. The molecule has 0 radical (unpaired) electrons. The van der Waals surface area contributed by atoms with Crippen LogP contribution in [0.2, 0.25) is 5.02 Å². The van der Waals surface area contributed by atoms with Crippen molar-refractivity contribution in [2.24, 2.45) is 0 Å². The van der Waals surface area contributed by atoms with E-state index in [-0.39, 0.29) is 34.1 Å².